The van der Waals surface area contributed by atoms with Crippen molar-refractivity contribution in [2.75, 3.05) is 6.54 Å². The Morgan fingerprint density at radius 1 is 1.31 bits per heavy atom. The van der Waals surface area contributed by atoms with Crippen LogP contribution in [0, 0.1) is 0 Å². The molecule has 1 aromatic heterocycles. The van der Waals surface area contributed by atoms with Crippen LogP contribution in [0.1, 0.15) is 26.2 Å². The van der Waals surface area contributed by atoms with Crippen LogP contribution >= 0.6 is 0 Å². The first-order chi connectivity index (χ1) is 6.43. The molecule has 70 valence electrons. The van der Waals surface area contributed by atoms with Crippen LogP contribution in [-0.2, 0) is 0 Å². The second-order valence-corrected chi connectivity index (χ2v) is 2.86. The maximum absolute atomic E-state index is 4.04. The normalized spacial score (nSPS) is 10.8. The van der Waals surface area contributed by atoms with Crippen LogP contribution in [-0.4, -0.2) is 11.5 Å². The van der Waals surface area contributed by atoms with Gasteiger partial charge in [-0.25, -0.2) is 4.98 Å². The second kappa shape index (κ2) is 6.29. The minimum Gasteiger partial charge on any atom is -0.236 e. The quantitative estimate of drug-likeness (QED) is 0.502. The summed E-state index contributed by atoms with van der Waals surface area (Å²) in [6.45, 7) is 2.99. The Labute approximate surface area is 78.9 Å². The summed E-state index contributed by atoms with van der Waals surface area (Å²) in [6.07, 6.45) is 5.29. The van der Waals surface area contributed by atoms with Crippen LogP contribution in [0.25, 0.3) is 0 Å². The standard InChI is InChI=1S/C10H15N3/c1-2-3-5-9-12-13-10-7-4-6-8-11-10/h4,6-8H,2-3,5,9H2,1H3/b13-12+. The van der Waals surface area contributed by atoms with Gasteiger partial charge in [-0.1, -0.05) is 25.8 Å². The number of unbranched alkanes of at least 4 members (excludes halogenated alkanes) is 2. The molecule has 0 saturated carbocycles. The van der Waals surface area contributed by atoms with E-state index in [1.54, 1.807) is 6.20 Å². The van der Waals surface area contributed by atoms with Crippen molar-refractivity contribution < 1.29 is 0 Å². The lowest BCUT2D eigenvalue weighted by atomic mass is 10.3. The number of hydrogen-bond acceptors (Lipinski definition) is 3. The van der Waals surface area contributed by atoms with Gasteiger partial charge < -0.3 is 0 Å². The molecule has 0 saturated heterocycles. The minimum absolute atomic E-state index is 0.694. The summed E-state index contributed by atoms with van der Waals surface area (Å²) in [5, 5.41) is 8.03. The number of hydrogen-bond donors (Lipinski definition) is 0. The van der Waals surface area contributed by atoms with E-state index in [0.717, 1.165) is 13.0 Å². The van der Waals surface area contributed by atoms with Crippen LogP contribution in [0.15, 0.2) is 34.6 Å². The van der Waals surface area contributed by atoms with Gasteiger partial charge in [-0.05, 0) is 18.6 Å². The zero-order chi connectivity index (χ0) is 9.36. The Kier molecular flexibility index (Phi) is 4.76. The van der Waals surface area contributed by atoms with E-state index in [-0.39, 0.29) is 0 Å². The van der Waals surface area contributed by atoms with Crippen LogP contribution in [0.3, 0.4) is 0 Å². The molecule has 0 N–H and O–H groups in total. The molecule has 0 aliphatic rings. The topological polar surface area (TPSA) is 37.6 Å². The number of pyridine rings is 1. The lowest BCUT2D eigenvalue weighted by Crippen LogP contribution is -1.78. The zero-order valence-electron chi connectivity index (χ0n) is 7.98. The zero-order valence-corrected chi connectivity index (χ0v) is 7.98. The van der Waals surface area contributed by atoms with Crippen molar-refractivity contribution in [1.29, 1.82) is 0 Å². The highest BCUT2D eigenvalue weighted by Crippen LogP contribution is 2.05. The summed E-state index contributed by atoms with van der Waals surface area (Å²) in [4.78, 5) is 4.04. The van der Waals surface area contributed by atoms with E-state index >= 15 is 0 Å². The Hall–Kier alpha value is -1.25. The van der Waals surface area contributed by atoms with Gasteiger partial charge in [0.2, 0.25) is 0 Å². The molecule has 1 rings (SSSR count). The molecule has 0 atom stereocenters. The third kappa shape index (κ3) is 4.35. The van der Waals surface area contributed by atoms with Crippen molar-refractivity contribution in [2.24, 2.45) is 10.2 Å². The van der Waals surface area contributed by atoms with Gasteiger partial charge in [-0.15, -0.1) is 5.11 Å². The van der Waals surface area contributed by atoms with Gasteiger partial charge in [0.25, 0.3) is 0 Å². The number of azo groups is 1. The predicted molar refractivity (Wildman–Crippen MR) is 53.1 cm³/mol. The highest BCUT2D eigenvalue weighted by atomic mass is 15.1. The third-order valence-corrected chi connectivity index (χ3v) is 1.68. The lowest BCUT2D eigenvalue weighted by molar-refractivity contribution is 0.712. The molecule has 0 spiro atoms. The Morgan fingerprint density at radius 2 is 2.23 bits per heavy atom. The van der Waals surface area contributed by atoms with Gasteiger partial charge in [-0.3, -0.25) is 0 Å². The lowest BCUT2D eigenvalue weighted by Gasteiger charge is -1.91. The molecule has 0 bridgehead atoms. The molecule has 3 heteroatoms. The molecule has 0 aliphatic heterocycles. The average molecular weight is 177 g/mol. The Bertz CT molecular complexity index is 244. The molecule has 3 nitrogen and oxygen atoms in total. The van der Waals surface area contributed by atoms with Gasteiger partial charge in [0.05, 0.1) is 6.54 Å². The van der Waals surface area contributed by atoms with Crippen molar-refractivity contribution in [2.45, 2.75) is 26.2 Å². The van der Waals surface area contributed by atoms with E-state index in [9.17, 15) is 0 Å². The average Bonchev–Trinajstić information content (AvgIpc) is 2.19. The molecule has 0 radical (unpaired) electrons. The van der Waals surface area contributed by atoms with Crippen molar-refractivity contribution in [1.82, 2.24) is 4.98 Å². The SMILES string of the molecule is CCCCC/N=N/c1ccccn1. The molecule has 1 aromatic rings. The fourth-order valence-corrected chi connectivity index (χ4v) is 0.968. The maximum atomic E-state index is 4.04. The highest BCUT2D eigenvalue weighted by Gasteiger charge is 1.86. The number of rotatable bonds is 5. The number of nitrogens with zero attached hydrogens (tertiary/aromatic N) is 3. The molecule has 0 aromatic carbocycles. The summed E-state index contributed by atoms with van der Waals surface area (Å²) in [6, 6.07) is 5.63. The van der Waals surface area contributed by atoms with Gasteiger partial charge in [0.15, 0.2) is 5.82 Å². The fourth-order valence-electron chi connectivity index (χ4n) is 0.968. The van der Waals surface area contributed by atoms with Crippen molar-refractivity contribution >= 4 is 5.82 Å². The first-order valence-electron chi connectivity index (χ1n) is 4.72. The van der Waals surface area contributed by atoms with E-state index in [4.69, 9.17) is 0 Å². The van der Waals surface area contributed by atoms with E-state index in [1.165, 1.54) is 12.8 Å². The first kappa shape index (κ1) is 9.84. The summed E-state index contributed by atoms with van der Waals surface area (Å²) in [5.41, 5.74) is 0. The molecular weight excluding hydrogens is 162 g/mol. The molecule has 0 fully saturated rings. The highest BCUT2D eigenvalue weighted by molar-refractivity contribution is 5.23. The van der Waals surface area contributed by atoms with E-state index < -0.39 is 0 Å². The second-order valence-electron chi connectivity index (χ2n) is 2.86. The van der Waals surface area contributed by atoms with Gasteiger partial charge in [0.1, 0.15) is 0 Å². The van der Waals surface area contributed by atoms with Gasteiger partial charge >= 0.3 is 0 Å². The molecule has 1 heterocycles. The van der Waals surface area contributed by atoms with E-state index in [2.05, 4.69) is 22.1 Å². The van der Waals surface area contributed by atoms with Gasteiger partial charge in [0, 0.05) is 6.20 Å². The minimum atomic E-state index is 0.694. The fraction of sp³-hybridized carbons (Fsp3) is 0.500. The van der Waals surface area contributed by atoms with Crippen LogP contribution in [0.5, 0.6) is 0 Å². The summed E-state index contributed by atoms with van der Waals surface area (Å²) in [7, 11) is 0. The van der Waals surface area contributed by atoms with Crippen molar-refractivity contribution in [3.63, 3.8) is 0 Å². The van der Waals surface area contributed by atoms with Crippen molar-refractivity contribution in [3.05, 3.63) is 24.4 Å². The molecule has 0 unspecified atom stereocenters. The molecule has 0 amide bonds. The first-order valence-corrected chi connectivity index (χ1v) is 4.72. The monoisotopic (exact) mass is 177 g/mol. The Balaban J connectivity index is 2.25. The van der Waals surface area contributed by atoms with Crippen LogP contribution < -0.4 is 0 Å². The van der Waals surface area contributed by atoms with E-state index in [0.29, 0.717) is 5.82 Å². The third-order valence-electron chi connectivity index (χ3n) is 1.68. The Morgan fingerprint density at radius 3 is 2.92 bits per heavy atom. The summed E-state index contributed by atoms with van der Waals surface area (Å²) < 4.78 is 0. The van der Waals surface area contributed by atoms with E-state index in [1.807, 2.05) is 18.2 Å². The van der Waals surface area contributed by atoms with Gasteiger partial charge in [-0.2, -0.15) is 5.11 Å². The predicted octanol–water partition coefficient (Wildman–Crippen LogP) is 3.36. The molecule has 0 aliphatic carbocycles. The largest absolute Gasteiger partial charge is 0.236 e. The summed E-state index contributed by atoms with van der Waals surface area (Å²) in [5.74, 6) is 0.694. The maximum Gasteiger partial charge on any atom is 0.173 e. The smallest absolute Gasteiger partial charge is 0.173 e. The molecular formula is C10H15N3. The van der Waals surface area contributed by atoms with Crippen molar-refractivity contribution in [3.8, 4) is 0 Å². The van der Waals surface area contributed by atoms with Crippen LogP contribution in [0.2, 0.25) is 0 Å². The van der Waals surface area contributed by atoms with Crippen LogP contribution in [0.4, 0.5) is 5.82 Å². The summed E-state index contributed by atoms with van der Waals surface area (Å²) >= 11 is 0. The number of aromatic nitrogens is 1. The molecule has 13 heavy (non-hydrogen) atoms.